The summed E-state index contributed by atoms with van der Waals surface area (Å²) in [6.45, 7) is 9.99. The van der Waals surface area contributed by atoms with Gasteiger partial charge in [0, 0.05) is 29.9 Å². The minimum Gasteiger partial charge on any atom is -0.338 e. The van der Waals surface area contributed by atoms with E-state index >= 15 is 0 Å². The Bertz CT molecular complexity index is 873. The molecule has 2 aromatic rings. The van der Waals surface area contributed by atoms with Crippen molar-refractivity contribution in [3.63, 3.8) is 0 Å². The second kappa shape index (κ2) is 8.59. The number of nitrogens with one attached hydrogen (secondary N) is 1. The highest BCUT2D eigenvalue weighted by molar-refractivity contribution is 6.06. The molecule has 2 amide bonds. The zero-order valence-electron chi connectivity index (χ0n) is 17.3. The van der Waals surface area contributed by atoms with Crippen molar-refractivity contribution in [3.05, 3.63) is 64.7 Å². The first-order chi connectivity index (χ1) is 13.4. The predicted octanol–water partition coefficient (Wildman–Crippen LogP) is 5.24. The molecule has 4 heteroatoms. The molecule has 2 aromatic carbocycles. The molecule has 1 saturated heterocycles. The normalized spacial score (nSPS) is 16.9. The molecule has 1 unspecified atom stereocenters. The molecule has 0 radical (unpaired) electrons. The number of amides is 2. The summed E-state index contributed by atoms with van der Waals surface area (Å²) in [7, 11) is 0. The number of hydrogen-bond donors (Lipinski definition) is 1. The second-order valence-electron chi connectivity index (χ2n) is 8.23. The van der Waals surface area contributed by atoms with Crippen LogP contribution in [-0.4, -0.2) is 29.8 Å². The van der Waals surface area contributed by atoms with Gasteiger partial charge in [-0.25, -0.2) is 0 Å². The molecule has 1 N–H and O–H groups in total. The number of anilines is 1. The Morgan fingerprint density at radius 3 is 2.54 bits per heavy atom. The fourth-order valence-electron chi connectivity index (χ4n) is 3.88. The van der Waals surface area contributed by atoms with Crippen molar-refractivity contribution in [1.29, 1.82) is 0 Å². The molecule has 1 aliphatic heterocycles. The van der Waals surface area contributed by atoms with Crippen LogP contribution in [0, 0.1) is 12.8 Å². The monoisotopic (exact) mass is 378 g/mol. The van der Waals surface area contributed by atoms with Gasteiger partial charge in [-0.15, -0.1) is 0 Å². The van der Waals surface area contributed by atoms with Gasteiger partial charge in [0.05, 0.1) is 0 Å². The molecule has 1 atom stereocenters. The number of hydrogen-bond acceptors (Lipinski definition) is 2. The van der Waals surface area contributed by atoms with E-state index in [1.807, 2.05) is 30.0 Å². The smallest absolute Gasteiger partial charge is 0.255 e. The van der Waals surface area contributed by atoms with Crippen molar-refractivity contribution in [2.45, 2.75) is 46.5 Å². The average molecular weight is 379 g/mol. The van der Waals surface area contributed by atoms with Crippen LogP contribution in [0.1, 0.15) is 71.4 Å². The first kappa shape index (κ1) is 20.1. The maximum absolute atomic E-state index is 12.9. The largest absolute Gasteiger partial charge is 0.338 e. The Hall–Kier alpha value is -2.62. The Kier molecular flexibility index (Phi) is 6.18. The molecule has 3 rings (SSSR count). The van der Waals surface area contributed by atoms with E-state index in [0.29, 0.717) is 23.0 Å². The topological polar surface area (TPSA) is 49.4 Å². The highest BCUT2D eigenvalue weighted by Crippen LogP contribution is 2.28. The van der Waals surface area contributed by atoms with Gasteiger partial charge in [0.25, 0.3) is 11.8 Å². The van der Waals surface area contributed by atoms with Crippen LogP contribution in [0.15, 0.2) is 42.5 Å². The summed E-state index contributed by atoms with van der Waals surface area (Å²) >= 11 is 0. The van der Waals surface area contributed by atoms with Crippen molar-refractivity contribution < 1.29 is 9.59 Å². The van der Waals surface area contributed by atoms with Gasteiger partial charge in [-0.05, 0) is 60.9 Å². The van der Waals surface area contributed by atoms with Crippen LogP contribution in [0.2, 0.25) is 0 Å². The first-order valence-electron chi connectivity index (χ1n) is 10.2. The summed E-state index contributed by atoms with van der Waals surface area (Å²) in [6, 6.07) is 13.1. The van der Waals surface area contributed by atoms with Crippen molar-refractivity contribution in [1.82, 2.24) is 4.90 Å². The van der Waals surface area contributed by atoms with E-state index in [4.69, 9.17) is 0 Å². The molecule has 4 nitrogen and oxygen atoms in total. The molecular formula is C24H30N2O2. The molecule has 0 saturated carbocycles. The van der Waals surface area contributed by atoms with Gasteiger partial charge in [0.1, 0.15) is 0 Å². The third-order valence-electron chi connectivity index (χ3n) is 5.48. The fourth-order valence-corrected chi connectivity index (χ4v) is 3.88. The fraction of sp³-hybridized carbons (Fsp3) is 0.417. The highest BCUT2D eigenvalue weighted by atomic mass is 16.2. The van der Waals surface area contributed by atoms with Crippen LogP contribution in [0.3, 0.4) is 0 Å². The van der Waals surface area contributed by atoms with Crippen molar-refractivity contribution >= 4 is 17.5 Å². The summed E-state index contributed by atoms with van der Waals surface area (Å²) in [5.74, 6) is 0.668. The van der Waals surface area contributed by atoms with Gasteiger partial charge in [-0.1, -0.05) is 45.0 Å². The molecule has 1 fully saturated rings. The number of piperidine rings is 1. The summed E-state index contributed by atoms with van der Waals surface area (Å²) in [6.07, 6.45) is 2.21. The molecule has 0 bridgehead atoms. The Morgan fingerprint density at radius 2 is 1.82 bits per heavy atom. The number of carbonyl (C=O) groups is 2. The maximum Gasteiger partial charge on any atom is 0.255 e. The standard InChI is InChI=1S/C24H30N2O2/c1-16(2)21-12-5-9-18(4)22(21)25-23(27)19-10-6-11-20(14-19)24(28)26-13-7-8-17(3)15-26/h5-6,9-12,14,16-17H,7-8,13,15H2,1-4H3,(H,25,27). The minimum atomic E-state index is -0.183. The van der Waals surface area contributed by atoms with Crippen LogP contribution in [0.25, 0.3) is 0 Å². The molecular weight excluding hydrogens is 348 g/mol. The van der Waals surface area contributed by atoms with E-state index in [2.05, 4.69) is 26.1 Å². The minimum absolute atomic E-state index is 0.0139. The van der Waals surface area contributed by atoms with Crippen molar-refractivity contribution in [3.8, 4) is 0 Å². The lowest BCUT2D eigenvalue weighted by Gasteiger charge is -2.31. The van der Waals surface area contributed by atoms with E-state index in [9.17, 15) is 9.59 Å². The predicted molar refractivity (Wildman–Crippen MR) is 114 cm³/mol. The summed E-state index contributed by atoms with van der Waals surface area (Å²) in [4.78, 5) is 27.7. The Balaban J connectivity index is 1.81. The Labute approximate surface area is 167 Å². The number of aryl methyl sites for hydroxylation is 1. The SMILES string of the molecule is Cc1cccc(C(C)C)c1NC(=O)c1cccc(C(=O)N2CCCC(C)C2)c1. The van der Waals surface area contributed by atoms with Crippen molar-refractivity contribution in [2.75, 3.05) is 18.4 Å². The van der Waals surface area contributed by atoms with Crippen LogP contribution < -0.4 is 5.32 Å². The zero-order chi connectivity index (χ0) is 20.3. The zero-order valence-corrected chi connectivity index (χ0v) is 17.3. The first-order valence-corrected chi connectivity index (χ1v) is 10.2. The van der Waals surface area contributed by atoms with Crippen LogP contribution in [-0.2, 0) is 0 Å². The van der Waals surface area contributed by atoms with Crippen molar-refractivity contribution in [2.24, 2.45) is 5.92 Å². The number of nitrogens with zero attached hydrogens (tertiary/aromatic N) is 1. The van der Waals surface area contributed by atoms with Crippen LogP contribution in [0.5, 0.6) is 0 Å². The molecule has 148 valence electrons. The quantitative estimate of drug-likeness (QED) is 0.791. The van der Waals surface area contributed by atoms with Gasteiger partial charge < -0.3 is 10.2 Å². The van der Waals surface area contributed by atoms with Gasteiger partial charge in [-0.2, -0.15) is 0 Å². The molecule has 1 heterocycles. The molecule has 1 aliphatic rings. The number of carbonyl (C=O) groups excluding carboxylic acids is 2. The lowest BCUT2D eigenvalue weighted by molar-refractivity contribution is 0.0683. The third kappa shape index (κ3) is 4.44. The van der Waals surface area contributed by atoms with E-state index in [1.54, 1.807) is 24.3 Å². The number of likely N-dealkylation sites (tertiary alicyclic amines) is 1. The van der Waals surface area contributed by atoms with E-state index in [0.717, 1.165) is 36.3 Å². The van der Waals surface area contributed by atoms with Gasteiger partial charge in [0.2, 0.25) is 0 Å². The second-order valence-corrected chi connectivity index (χ2v) is 8.23. The lowest BCUT2D eigenvalue weighted by Crippen LogP contribution is -2.39. The van der Waals surface area contributed by atoms with Gasteiger partial charge >= 0.3 is 0 Å². The van der Waals surface area contributed by atoms with Crippen LogP contribution in [0.4, 0.5) is 5.69 Å². The molecule has 0 spiro atoms. The molecule has 0 aliphatic carbocycles. The van der Waals surface area contributed by atoms with E-state index < -0.39 is 0 Å². The average Bonchev–Trinajstić information content (AvgIpc) is 2.68. The number of para-hydroxylation sites is 1. The molecule has 0 aromatic heterocycles. The van der Waals surface area contributed by atoms with Crippen LogP contribution >= 0.6 is 0 Å². The number of benzene rings is 2. The number of rotatable bonds is 4. The summed E-state index contributed by atoms with van der Waals surface area (Å²) in [5.41, 5.74) is 4.10. The highest BCUT2D eigenvalue weighted by Gasteiger charge is 2.23. The Morgan fingerprint density at radius 1 is 1.11 bits per heavy atom. The summed E-state index contributed by atoms with van der Waals surface area (Å²) in [5, 5.41) is 3.07. The maximum atomic E-state index is 12.9. The van der Waals surface area contributed by atoms with E-state index in [1.165, 1.54) is 6.42 Å². The summed E-state index contributed by atoms with van der Waals surface area (Å²) < 4.78 is 0. The lowest BCUT2D eigenvalue weighted by atomic mass is 9.97. The van der Waals surface area contributed by atoms with Gasteiger partial charge in [0.15, 0.2) is 0 Å². The van der Waals surface area contributed by atoms with Gasteiger partial charge in [-0.3, -0.25) is 9.59 Å². The molecule has 28 heavy (non-hydrogen) atoms. The third-order valence-corrected chi connectivity index (χ3v) is 5.48. The van der Waals surface area contributed by atoms with E-state index in [-0.39, 0.29) is 11.8 Å².